The third-order valence-electron chi connectivity index (χ3n) is 4.72. The SMILES string of the molecule is Cc1ccc(Cn2cnc(NC(=O)c3cc(-c4ccc5c(c4)OCO5)n[nH]3)n2)cc1. The Balaban J connectivity index is 1.26. The second-order valence-corrected chi connectivity index (χ2v) is 6.94. The van der Waals surface area contributed by atoms with Crippen molar-refractivity contribution in [1.29, 1.82) is 0 Å². The van der Waals surface area contributed by atoms with E-state index in [9.17, 15) is 4.79 Å². The Hall–Kier alpha value is -4.14. The Morgan fingerprint density at radius 3 is 2.83 bits per heavy atom. The van der Waals surface area contributed by atoms with Crippen LogP contribution in [-0.4, -0.2) is 37.7 Å². The van der Waals surface area contributed by atoms with E-state index in [0.29, 0.717) is 29.4 Å². The van der Waals surface area contributed by atoms with Gasteiger partial charge in [0.15, 0.2) is 11.5 Å². The molecule has 9 heteroatoms. The fraction of sp³-hybridized carbons (Fsp3) is 0.143. The second-order valence-electron chi connectivity index (χ2n) is 6.94. The van der Waals surface area contributed by atoms with Crippen molar-refractivity contribution in [2.24, 2.45) is 0 Å². The molecule has 0 bridgehead atoms. The van der Waals surface area contributed by atoms with E-state index in [0.717, 1.165) is 11.1 Å². The van der Waals surface area contributed by atoms with Crippen molar-refractivity contribution in [1.82, 2.24) is 25.0 Å². The molecular formula is C21H18N6O3. The summed E-state index contributed by atoms with van der Waals surface area (Å²) in [6.07, 6.45) is 1.58. The van der Waals surface area contributed by atoms with Gasteiger partial charge in [-0.1, -0.05) is 29.8 Å². The van der Waals surface area contributed by atoms with Crippen molar-refractivity contribution in [2.45, 2.75) is 13.5 Å². The minimum Gasteiger partial charge on any atom is -0.454 e. The average molecular weight is 402 g/mol. The molecule has 1 aliphatic rings. The van der Waals surface area contributed by atoms with Crippen molar-refractivity contribution in [3.05, 3.63) is 71.7 Å². The zero-order valence-corrected chi connectivity index (χ0v) is 16.1. The Morgan fingerprint density at radius 1 is 1.13 bits per heavy atom. The second kappa shape index (κ2) is 7.36. The third-order valence-corrected chi connectivity index (χ3v) is 4.72. The number of carbonyl (C=O) groups excluding carboxylic acids is 1. The number of hydrogen-bond acceptors (Lipinski definition) is 6. The van der Waals surface area contributed by atoms with Gasteiger partial charge in [0.1, 0.15) is 12.0 Å². The normalized spacial score (nSPS) is 12.2. The Bertz CT molecular complexity index is 1210. The highest BCUT2D eigenvalue weighted by Gasteiger charge is 2.17. The quantitative estimate of drug-likeness (QED) is 0.531. The minimum absolute atomic E-state index is 0.205. The van der Waals surface area contributed by atoms with Crippen LogP contribution in [-0.2, 0) is 6.54 Å². The van der Waals surface area contributed by atoms with Crippen LogP contribution in [0.15, 0.2) is 54.9 Å². The standard InChI is InChI=1S/C21H18N6O3/c1-13-2-4-14(5-3-13)10-27-11-22-21(26-27)23-20(28)17-9-16(24-25-17)15-6-7-18-19(8-15)30-12-29-18/h2-9,11H,10,12H2,1H3,(H,24,25)(H,23,26,28). The van der Waals surface area contributed by atoms with Crippen molar-refractivity contribution in [2.75, 3.05) is 12.1 Å². The summed E-state index contributed by atoms with van der Waals surface area (Å²) < 4.78 is 12.4. The summed E-state index contributed by atoms with van der Waals surface area (Å²) in [5.41, 5.74) is 4.04. The van der Waals surface area contributed by atoms with Crippen molar-refractivity contribution in [3.8, 4) is 22.8 Å². The van der Waals surface area contributed by atoms with Crippen LogP contribution in [0.1, 0.15) is 21.6 Å². The first-order valence-corrected chi connectivity index (χ1v) is 9.36. The van der Waals surface area contributed by atoms with Gasteiger partial charge in [-0.2, -0.15) is 5.10 Å². The van der Waals surface area contributed by atoms with E-state index in [1.807, 2.05) is 49.4 Å². The molecule has 0 saturated carbocycles. The number of H-pyrrole nitrogens is 1. The number of carbonyl (C=O) groups is 1. The first-order valence-electron chi connectivity index (χ1n) is 9.36. The van der Waals surface area contributed by atoms with Gasteiger partial charge in [-0.3, -0.25) is 15.2 Å². The van der Waals surface area contributed by atoms with Gasteiger partial charge >= 0.3 is 0 Å². The molecule has 0 unspecified atom stereocenters. The molecule has 2 N–H and O–H groups in total. The van der Waals surface area contributed by atoms with E-state index in [1.54, 1.807) is 17.1 Å². The lowest BCUT2D eigenvalue weighted by atomic mass is 10.1. The number of nitrogens with one attached hydrogen (secondary N) is 2. The summed E-state index contributed by atoms with van der Waals surface area (Å²) in [4.78, 5) is 16.7. The van der Waals surface area contributed by atoms with Gasteiger partial charge in [0.25, 0.3) is 5.91 Å². The van der Waals surface area contributed by atoms with Gasteiger partial charge < -0.3 is 9.47 Å². The summed E-state index contributed by atoms with van der Waals surface area (Å²) in [6, 6.07) is 15.3. The number of aromatic nitrogens is 5. The van der Waals surface area contributed by atoms with Crippen LogP contribution in [0.5, 0.6) is 11.5 Å². The third kappa shape index (κ3) is 3.60. The largest absolute Gasteiger partial charge is 0.454 e. The van der Waals surface area contributed by atoms with E-state index < -0.39 is 0 Å². The summed E-state index contributed by atoms with van der Waals surface area (Å²) in [5.74, 6) is 1.21. The van der Waals surface area contributed by atoms with Gasteiger partial charge in [-0.15, -0.1) is 5.10 Å². The lowest BCUT2D eigenvalue weighted by molar-refractivity contribution is 0.102. The highest BCUT2D eigenvalue weighted by Crippen LogP contribution is 2.35. The number of aromatic amines is 1. The molecule has 9 nitrogen and oxygen atoms in total. The van der Waals surface area contributed by atoms with Crippen LogP contribution in [0, 0.1) is 6.92 Å². The molecule has 0 atom stereocenters. The number of aryl methyl sites for hydroxylation is 1. The maximum atomic E-state index is 12.5. The van der Waals surface area contributed by atoms with Crippen molar-refractivity contribution < 1.29 is 14.3 Å². The number of amides is 1. The maximum Gasteiger partial charge on any atom is 0.276 e. The van der Waals surface area contributed by atoms with Crippen LogP contribution >= 0.6 is 0 Å². The summed E-state index contributed by atoms with van der Waals surface area (Å²) in [5, 5.41) is 14.0. The molecule has 1 aliphatic heterocycles. The molecule has 4 aromatic rings. The number of benzene rings is 2. The molecule has 0 spiro atoms. The Morgan fingerprint density at radius 2 is 1.97 bits per heavy atom. The van der Waals surface area contributed by atoms with E-state index in [2.05, 4.69) is 25.6 Å². The number of anilines is 1. The molecule has 3 heterocycles. The predicted molar refractivity (Wildman–Crippen MR) is 108 cm³/mol. The van der Waals surface area contributed by atoms with Crippen LogP contribution in [0.25, 0.3) is 11.3 Å². The van der Waals surface area contributed by atoms with E-state index in [-0.39, 0.29) is 18.6 Å². The van der Waals surface area contributed by atoms with Gasteiger partial charge in [0.05, 0.1) is 12.2 Å². The van der Waals surface area contributed by atoms with Gasteiger partial charge in [-0.25, -0.2) is 9.67 Å². The average Bonchev–Trinajstić information content (AvgIpc) is 3.50. The Kier molecular flexibility index (Phi) is 4.40. The smallest absolute Gasteiger partial charge is 0.276 e. The predicted octanol–water partition coefficient (Wildman–Crippen LogP) is 3.01. The van der Waals surface area contributed by atoms with Crippen LogP contribution in [0.3, 0.4) is 0 Å². The highest BCUT2D eigenvalue weighted by atomic mass is 16.7. The number of fused-ring (bicyclic) bond motifs is 1. The monoisotopic (exact) mass is 402 g/mol. The lowest BCUT2D eigenvalue weighted by Crippen LogP contribution is -2.14. The van der Waals surface area contributed by atoms with Crippen molar-refractivity contribution in [3.63, 3.8) is 0 Å². The minimum atomic E-state index is -0.373. The molecule has 0 radical (unpaired) electrons. The Labute approximate surface area is 171 Å². The van der Waals surface area contributed by atoms with Gasteiger partial charge in [-0.05, 0) is 36.8 Å². The van der Waals surface area contributed by atoms with Crippen LogP contribution in [0.2, 0.25) is 0 Å². The first-order chi connectivity index (χ1) is 14.6. The molecule has 1 amide bonds. The molecule has 0 saturated heterocycles. The summed E-state index contributed by atoms with van der Waals surface area (Å²) in [7, 11) is 0. The molecule has 2 aromatic heterocycles. The van der Waals surface area contributed by atoms with Gasteiger partial charge in [0, 0.05) is 5.56 Å². The van der Waals surface area contributed by atoms with Crippen LogP contribution < -0.4 is 14.8 Å². The fourth-order valence-corrected chi connectivity index (χ4v) is 3.12. The van der Waals surface area contributed by atoms with E-state index in [4.69, 9.17) is 9.47 Å². The molecule has 0 aliphatic carbocycles. The van der Waals surface area contributed by atoms with Crippen LogP contribution in [0.4, 0.5) is 5.95 Å². The van der Waals surface area contributed by atoms with Crippen molar-refractivity contribution >= 4 is 11.9 Å². The molecule has 2 aromatic carbocycles. The zero-order valence-electron chi connectivity index (χ0n) is 16.1. The maximum absolute atomic E-state index is 12.5. The molecule has 150 valence electrons. The molecular weight excluding hydrogens is 384 g/mol. The van der Waals surface area contributed by atoms with E-state index in [1.165, 1.54) is 5.56 Å². The summed E-state index contributed by atoms with van der Waals surface area (Å²) >= 11 is 0. The topological polar surface area (TPSA) is 107 Å². The number of ether oxygens (including phenoxy) is 2. The first kappa shape index (κ1) is 17.9. The number of hydrogen-bond donors (Lipinski definition) is 2. The summed E-state index contributed by atoms with van der Waals surface area (Å²) in [6.45, 7) is 2.82. The molecule has 0 fully saturated rings. The fourth-order valence-electron chi connectivity index (χ4n) is 3.12. The number of nitrogens with zero attached hydrogens (tertiary/aromatic N) is 4. The molecule has 5 rings (SSSR count). The number of rotatable bonds is 5. The van der Waals surface area contributed by atoms with E-state index >= 15 is 0 Å². The van der Waals surface area contributed by atoms with Gasteiger partial charge in [0.2, 0.25) is 12.7 Å². The zero-order chi connectivity index (χ0) is 20.5. The highest BCUT2D eigenvalue weighted by molar-refractivity contribution is 6.02. The molecule has 30 heavy (non-hydrogen) atoms. The lowest BCUT2D eigenvalue weighted by Gasteiger charge is -2.01.